The van der Waals surface area contributed by atoms with E-state index in [4.69, 9.17) is 16.3 Å². The van der Waals surface area contributed by atoms with E-state index in [0.29, 0.717) is 5.92 Å². The normalized spacial score (nSPS) is 16.7. The van der Waals surface area contributed by atoms with Crippen LogP contribution in [0.15, 0.2) is 28.6 Å². The van der Waals surface area contributed by atoms with Crippen LogP contribution in [-0.2, 0) is 4.74 Å². The summed E-state index contributed by atoms with van der Waals surface area (Å²) in [6, 6.07) is 0. The predicted molar refractivity (Wildman–Crippen MR) is 72.5 cm³/mol. The number of aromatic amines is 1. The molecule has 5 nitrogen and oxygen atoms in total. The molecule has 0 spiro atoms. The second-order valence-electron chi connectivity index (χ2n) is 4.32. The van der Waals surface area contributed by atoms with Gasteiger partial charge in [0, 0.05) is 43.4 Å². The maximum absolute atomic E-state index is 5.65. The Morgan fingerprint density at radius 2 is 1.89 bits per heavy atom. The van der Waals surface area contributed by atoms with Gasteiger partial charge in [0.1, 0.15) is 0 Å². The molecule has 2 aromatic rings. The van der Waals surface area contributed by atoms with Crippen molar-refractivity contribution in [3.05, 3.63) is 29.6 Å². The molecule has 0 saturated carbocycles. The van der Waals surface area contributed by atoms with Gasteiger partial charge in [-0.05, 0) is 36.2 Å². The van der Waals surface area contributed by atoms with Gasteiger partial charge in [-0.3, -0.25) is 0 Å². The highest BCUT2D eigenvalue weighted by molar-refractivity contribution is 7.99. The molecule has 1 fully saturated rings. The van der Waals surface area contributed by atoms with Crippen LogP contribution < -0.4 is 0 Å². The van der Waals surface area contributed by atoms with Crippen molar-refractivity contribution in [2.24, 2.45) is 0 Å². The summed E-state index contributed by atoms with van der Waals surface area (Å²) in [7, 11) is 0. The van der Waals surface area contributed by atoms with Crippen LogP contribution in [0.5, 0.6) is 0 Å². The predicted octanol–water partition coefficient (Wildman–Crippen LogP) is 2.90. The van der Waals surface area contributed by atoms with E-state index in [1.165, 1.54) is 17.5 Å². The third-order valence-electron chi connectivity index (χ3n) is 3.04. The summed E-state index contributed by atoms with van der Waals surface area (Å²) in [5.41, 5.74) is 1.18. The first-order valence-corrected chi connectivity index (χ1v) is 7.29. The Morgan fingerprint density at radius 3 is 2.63 bits per heavy atom. The standard InChI is InChI=1S/C12H13ClN4OS/c13-11-14-5-9(6-15-11)19-12-16-7-10(17-12)8-1-3-18-4-2-8/h5-8H,1-4H2,(H,16,17). The monoisotopic (exact) mass is 296 g/mol. The number of H-pyrrole nitrogens is 1. The van der Waals surface area contributed by atoms with Crippen molar-refractivity contribution in [2.75, 3.05) is 13.2 Å². The summed E-state index contributed by atoms with van der Waals surface area (Å²) in [6.45, 7) is 1.66. The number of imidazole rings is 1. The Hall–Kier alpha value is -1.11. The highest BCUT2D eigenvalue weighted by Gasteiger charge is 2.18. The van der Waals surface area contributed by atoms with Crippen molar-refractivity contribution in [1.82, 2.24) is 19.9 Å². The maximum Gasteiger partial charge on any atom is 0.222 e. The van der Waals surface area contributed by atoms with Gasteiger partial charge in [-0.1, -0.05) is 0 Å². The molecule has 3 heterocycles. The first kappa shape index (κ1) is 12.9. The summed E-state index contributed by atoms with van der Waals surface area (Å²) in [5.74, 6) is 0.525. The fraction of sp³-hybridized carbons (Fsp3) is 0.417. The van der Waals surface area contributed by atoms with Gasteiger partial charge in [0.05, 0.1) is 4.90 Å². The van der Waals surface area contributed by atoms with Gasteiger partial charge in [0.2, 0.25) is 5.28 Å². The van der Waals surface area contributed by atoms with Gasteiger partial charge in [-0.25, -0.2) is 15.0 Å². The van der Waals surface area contributed by atoms with E-state index in [1.807, 2.05) is 6.20 Å². The summed E-state index contributed by atoms with van der Waals surface area (Å²) in [6.07, 6.45) is 7.40. The lowest BCUT2D eigenvalue weighted by atomic mass is 9.97. The molecule has 2 aromatic heterocycles. The molecule has 1 aliphatic rings. The van der Waals surface area contributed by atoms with Gasteiger partial charge < -0.3 is 9.72 Å². The molecule has 0 bridgehead atoms. The van der Waals surface area contributed by atoms with Crippen molar-refractivity contribution in [3.8, 4) is 0 Å². The van der Waals surface area contributed by atoms with E-state index in [1.54, 1.807) is 12.4 Å². The van der Waals surface area contributed by atoms with Crippen LogP contribution in [0.2, 0.25) is 5.28 Å². The molecule has 0 aromatic carbocycles. The molecule has 0 radical (unpaired) electrons. The van der Waals surface area contributed by atoms with E-state index >= 15 is 0 Å². The third kappa shape index (κ3) is 3.26. The third-order valence-corrected chi connectivity index (χ3v) is 4.09. The Balaban J connectivity index is 1.68. The molecular weight excluding hydrogens is 284 g/mol. The Kier molecular flexibility index (Phi) is 4.00. The summed E-state index contributed by atoms with van der Waals surface area (Å²) < 4.78 is 5.37. The van der Waals surface area contributed by atoms with E-state index in [2.05, 4.69) is 19.9 Å². The number of nitrogens with one attached hydrogen (secondary N) is 1. The Labute approximate surface area is 120 Å². The zero-order chi connectivity index (χ0) is 13.1. The molecule has 0 unspecified atom stereocenters. The molecular formula is C12H13ClN4OS. The second-order valence-corrected chi connectivity index (χ2v) is 5.72. The molecule has 1 aliphatic heterocycles. The average molecular weight is 297 g/mol. The van der Waals surface area contributed by atoms with Gasteiger partial charge in [0.15, 0.2) is 5.16 Å². The van der Waals surface area contributed by atoms with Gasteiger partial charge >= 0.3 is 0 Å². The minimum absolute atomic E-state index is 0.256. The quantitative estimate of drug-likeness (QED) is 0.882. The molecule has 1 saturated heterocycles. The fourth-order valence-electron chi connectivity index (χ4n) is 2.05. The highest BCUT2D eigenvalue weighted by Crippen LogP contribution is 2.29. The minimum Gasteiger partial charge on any atom is -0.381 e. The molecule has 0 amide bonds. The number of hydrogen-bond acceptors (Lipinski definition) is 5. The molecule has 0 atom stereocenters. The van der Waals surface area contributed by atoms with E-state index in [9.17, 15) is 0 Å². The first-order valence-electron chi connectivity index (χ1n) is 6.09. The van der Waals surface area contributed by atoms with Crippen LogP contribution in [0, 0.1) is 0 Å². The molecule has 1 N–H and O–H groups in total. The Morgan fingerprint density at radius 1 is 1.16 bits per heavy atom. The van der Waals surface area contributed by atoms with Crippen molar-refractivity contribution < 1.29 is 4.74 Å². The van der Waals surface area contributed by atoms with Crippen LogP contribution in [0.25, 0.3) is 0 Å². The molecule has 3 rings (SSSR count). The highest BCUT2D eigenvalue weighted by atomic mass is 35.5. The van der Waals surface area contributed by atoms with Gasteiger partial charge in [-0.15, -0.1) is 0 Å². The second kappa shape index (κ2) is 5.90. The minimum atomic E-state index is 0.256. The summed E-state index contributed by atoms with van der Waals surface area (Å²) >= 11 is 7.15. The zero-order valence-electron chi connectivity index (χ0n) is 10.2. The number of ether oxygens (including phenoxy) is 1. The van der Waals surface area contributed by atoms with Crippen molar-refractivity contribution in [3.63, 3.8) is 0 Å². The molecule has 0 aliphatic carbocycles. The van der Waals surface area contributed by atoms with Crippen molar-refractivity contribution >= 4 is 23.4 Å². The maximum atomic E-state index is 5.65. The topological polar surface area (TPSA) is 63.7 Å². The van der Waals surface area contributed by atoms with Crippen LogP contribution in [0.1, 0.15) is 24.5 Å². The molecule has 19 heavy (non-hydrogen) atoms. The van der Waals surface area contributed by atoms with Crippen LogP contribution in [0.3, 0.4) is 0 Å². The smallest absolute Gasteiger partial charge is 0.222 e. The van der Waals surface area contributed by atoms with Crippen LogP contribution >= 0.6 is 23.4 Å². The van der Waals surface area contributed by atoms with Crippen LogP contribution in [0.4, 0.5) is 0 Å². The lowest BCUT2D eigenvalue weighted by Gasteiger charge is -2.20. The number of rotatable bonds is 3. The zero-order valence-corrected chi connectivity index (χ0v) is 11.7. The van der Waals surface area contributed by atoms with Crippen molar-refractivity contribution in [1.29, 1.82) is 0 Å². The van der Waals surface area contributed by atoms with Crippen molar-refractivity contribution in [2.45, 2.75) is 28.8 Å². The Bertz CT molecular complexity index is 539. The van der Waals surface area contributed by atoms with E-state index in [-0.39, 0.29) is 5.28 Å². The number of hydrogen-bond donors (Lipinski definition) is 1. The number of aromatic nitrogens is 4. The van der Waals surface area contributed by atoms with Gasteiger partial charge in [0.25, 0.3) is 0 Å². The lowest BCUT2D eigenvalue weighted by Crippen LogP contribution is -2.14. The SMILES string of the molecule is Clc1ncc(Sc2ncc(C3CCOCC3)[nH]2)cn1. The van der Waals surface area contributed by atoms with Crippen LogP contribution in [-0.4, -0.2) is 33.1 Å². The molecule has 100 valence electrons. The lowest BCUT2D eigenvalue weighted by molar-refractivity contribution is 0.0845. The largest absolute Gasteiger partial charge is 0.381 e. The number of nitrogens with zero attached hydrogens (tertiary/aromatic N) is 3. The molecule has 7 heteroatoms. The van der Waals surface area contributed by atoms with E-state index in [0.717, 1.165) is 36.1 Å². The fourth-order valence-corrected chi connectivity index (χ4v) is 2.85. The summed E-state index contributed by atoms with van der Waals surface area (Å²) in [4.78, 5) is 16.5. The number of halogens is 1. The average Bonchev–Trinajstić information content (AvgIpc) is 2.91. The van der Waals surface area contributed by atoms with Gasteiger partial charge in [-0.2, -0.15) is 0 Å². The first-order chi connectivity index (χ1) is 9.31. The summed E-state index contributed by atoms with van der Waals surface area (Å²) in [5, 5.41) is 1.11. The van der Waals surface area contributed by atoms with E-state index < -0.39 is 0 Å².